The lowest BCUT2D eigenvalue weighted by molar-refractivity contribution is -0.146. The van der Waals surface area contributed by atoms with Crippen molar-refractivity contribution in [3.8, 4) is 5.75 Å². The normalized spacial score (nSPS) is 25.4. The van der Waals surface area contributed by atoms with Crippen LogP contribution in [0, 0.1) is 5.92 Å². The molecule has 1 saturated heterocycles. The smallest absolute Gasteiger partial charge is 0.323 e. The minimum absolute atomic E-state index is 0.128. The Balaban J connectivity index is 1.71. The molecule has 0 unspecified atom stereocenters. The van der Waals surface area contributed by atoms with E-state index in [-0.39, 0.29) is 24.5 Å². The molecule has 1 aromatic carbocycles. The van der Waals surface area contributed by atoms with Crippen LogP contribution >= 0.6 is 0 Å². The van der Waals surface area contributed by atoms with Crippen molar-refractivity contribution in [3.63, 3.8) is 0 Å². The summed E-state index contributed by atoms with van der Waals surface area (Å²) in [6, 6.07) is 7.38. The number of hydrogen-bond acceptors (Lipinski definition) is 5. The van der Waals surface area contributed by atoms with E-state index in [1.54, 1.807) is 0 Å². The van der Waals surface area contributed by atoms with Crippen LogP contribution in [0.1, 0.15) is 39.0 Å². The average molecular weight is 360 g/mol. The minimum Gasteiger partial charge on any atom is -0.492 e. The Morgan fingerprint density at radius 1 is 1.23 bits per heavy atom. The number of likely N-dealkylation sites (tertiary alicyclic amines) is 1. The first-order chi connectivity index (χ1) is 12.6. The monoisotopic (exact) mass is 360 g/mol. The summed E-state index contributed by atoms with van der Waals surface area (Å²) in [5, 5.41) is 2.94. The molecule has 0 aromatic heterocycles. The lowest BCUT2D eigenvalue weighted by Crippen LogP contribution is -2.46. The van der Waals surface area contributed by atoms with E-state index in [4.69, 9.17) is 9.47 Å². The Hall–Kier alpha value is -2.08. The van der Waals surface area contributed by atoms with Gasteiger partial charge in [0.1, 0.15) is 11.8 Å². The Labute approximate surface area is 154 Å². The van der Waals surface area contributed by atoms with Gasteiger partial charge in [0.25, 0.3) is 0 Å². The number of nitrogens with one attached hydrogen (secondary N) is 1. The molecule has 1 aliphatic carbocycles. The number of anilines is 1. The molecule has 3 rings (SSSR count). The summed E-state index contributed by atoms with van der Waals surface area (Å²) in [6.45, 7) is 2.64. The molecule has 0 spiro atoms. The average Bonchev–Trinajstić information content (AvgIpc) is 3.01. The van der Waals surface area contributed by atoms with Crippen molar-refractivity contribution in [2.24, 2.45) is 5.92 Å². The SMILES string of the molecule is CCOc1ccccc1NC(=O)CN1[C@@H]2CCCC[C@@H]2C[C@H]1C(=O)OC. The van der Waals surface area contributed by atoms with E-state index in [0.29, 0.717) is 30.0 Å². The number of carbonyl (C=O) groups excluding carboxylic acids is 2. The van der Waals surface area contributed by atoms with E-state index < -0.39 is 0 Å². The van der Waals surface area contributed by atoms with Gasteiger partial charge < -0.3 is 14.8 Å². The third kappa shape index (κ3) is 4.01. The first kappa shape index (κ1) is 18.7. The third-order valence-corrected chi connectivity index (χ3v) is 5.48. The molecule has 2 fully saturated rings. The van der Waals surface area contributed by atoms with Crippen LogP contribution in [0.3, 0.4) is 0 Å². The largest absolute Gasteiger partial charge is 0.492 e. The molecule has 26 heavy (non-hydrogen) atoms. The molecule has 3 atom stereocenters. The van der Waals surface area contributed by atoms with Crippen molar-refractivity contribution in [2.75, 3.05) is 25.6 Å². The van der Waals surface area contributed by atoms with E-state index in [9.17, 15) is 9.59 Å². The van der Waals surface area contributed by atoms with Gasteiger partial charge in [-0.3, -0.25) is 14.5 Å². The van der Waals surface area contributed by atoms with Gasteiger partial charge in [-0.05, 0) is 44.2 Å². The Kier molecular flexibility index (Phi) is 6.14. The summed E-state index contributed by atoms with van der Waals surface area (Å²) in [5.41, 5.74) is 0.661. The zero-order valence-corrected chi connectivity index (χ0v) is 15.6. The summed E-state index contributed by atoms with van der Waals surface area (Å²) >= 11 is 0. The highest BCUT2D eigenvalue weighted by Gasteiger charge is 2.46. The van der Waals surface area contributed by atoms with Crippen molar-refractivity contribution >= 4 is 17.6 Å². The van der Waals surface area contributed by atoms with Crippen LogP contribution < -0.4 is 10.1 Å². The topological polar surface area (TPSA) is 67.9 Å². The number of hydrogen-bond donors (Lipinski definition) is 1. The summed E-state index contributed by atoms with van der Waals surface area (Å²) in [7, 11) is 1.42. The number of methoxy groups -OCH3 is 1. The second-order valence-corrected chi connectivity index (χ2v) is 7.04. The van der Waals surface area contributed by atoms with Gasteiger partial charge in [0, 0.05) is 6.04 Å². The third-order valence-electron chi connectivity index (χ3n) is 5.48. The van der Waals surface area contributed by atoms with E-state index in [1.165, 1.54) is 13.5 Å². The van der Waals surface area contributed by atoms with Crippen LogP contribution in [0.4, 0.5) is 5.69 Å². The summed E-state index contributed by atoms with van der Waals surface area (Å²) in [5.74, 6) is 0.778. The fourth-order valence-corrected chi connectivity index (χ4v) is 4.35. The second-order valence-electron chi connectivity index (χ2n) is 7.04. The van der Waals surface area contributed by atoms with Crippen LogP contribution in [0.2, 0.25) is 0 Å². The molecule has 1 aliphatic heterocycles. The highest BCUT2D eigenvalue weighted by atomic mass is 16.5. The zero-order valence-electron chi connectivity index (χ0n) is 15.6. The first-order valence-corrected chi connectivity index (χ1v) is 9.49. The number of nitrogens with zero attached hydrogens (tertiary/aromatic N) is 1. The molecule has 1 aromatic rings. The lowest BCUT2D eigenvalue weighted by atomic mass is 9.85. The van der Waals surface area contributed by atoms with E-state index in [0.717, 1.165) is 25.7 Å². The molecule has 1 saturated carbocycles. The molecule has 0 radical (unpaired) electrons. The van der Waals surface area contributed by atoms with Crippen LogP contribution in [0.15, 0.2) is 24.3 Å². The molecule has 6 heteroatoms. The molecule has 0 bridgehead atoms. The van der Waals surface area contributed by atoms with E-state index >= 15 is 0 Å². The molecular formula is C20H28N2O4. The maximum Gasteiger partial charge on any atom is 0.323 e. The predicted molar refractivity (Wildman–Crippen MR) is 99.1 cm³/mol. The number of benzene rings is 1. The Bertz CT molecular complexity index is 648. The molecule has 1 heterocycles. The Morgan fingerprint density at radius 3 is 2.77 bits per heavy atom. The molecule has 6 nitrogen and oxygen atoms in total. The van der Waals surface area contributed by atoms with Gasteiger partial charge in [0.2, 0.25) is 5.91 Å². The molecule has 1 N–H and O–H groups in total. The van der Waals surface area contributed by atoms with Crippen molar-refractivity contribution in [1.82, 2.24) is 4.90 Å². The lowest BCUT2D eigenvalue weighted by Gasteiger charge is -2.32. The number of rotatable bonds is 6. The fourth-order valence-electron chi connectivity index (χ4n) is 4.35. The van der Waals surface area contributed by atoms with E-state index in [2.05, 4.69) is 5.32 Å². The first-order valence-electron chi connectivity index (χ1n) is 9.49. The van der Waals surface area contributed by atoms with Crippen molar-refractivity contribution in [2.45, 2.75) is 51.1 Å². The number of amides is 1. The molecule has 2 aliphatic rings. The minimum atomic E-state index is -0.319. The summed E-state index contributed by atoms with van der Waals surface area (Å²) in [6.07, 6.45) is 5.32. The van der Waals surface area contributed by atoms with Gasteiger partial charge in [-0.2, -0.15) is 0 Å². The van der Waals surface area contributed by atoms with Crippen molar-refractivity contribution < 1.29 is 19.1 Å². The fraction of sp³-hybridized carbons (Fsp3) is 0.600. The highest BCUT2D eigenvalue weighted by Crippen LogP contribution is 2.40. The van der Waals surface area contributed by atoms with Gasteiger partial charge in [-0.1, -0.05) is 25.0 Å². The van der Waals surface area contributed by atoms with Gasteiger partial charge in [-0.25, -0.2) is 0 Å². The number of esters is 1. The number of ether oxygens (including phenoxy) is 2. The Morgan fingerprint density at radius 2 is 2.00 bits per heavy atom. The molecule has 142 valence electrons. The van der Waals surface area contributed by atoms with E-state index in [1.807, 2.05) is 36.1 Å². The summed E-state index contributed by atoms with van der Waals surface area (Å²) in [4.78, 5) is 27.0. The van der Waals surface area contributed by atoms with Gasteiger partial charge >= 0.3 is 5.97 Å². The standard InChI is InChI=1S/C20H28N2O4/c1-3-26-18-11-7-5-9-15(18)21-19(23)13-22-16-10-6-4-8-14(16)12-17(22)20(24)25-2/h5,7,9,11,14,16-17H,3-4,6,8,10,12-13H2,1-2H3,(H,21,23)/t14-,16-,17+/m1/s1. The zero-order chi connectivity index (χ0) is 18.5. The van der Waals surface area contributed by atoms with Crippen molar-refractivity contribution in [3.05, 3.63) is 24.3 Å². The van der Waals surface area contributed by atoms with Crippen LogP contribution in [0.25, 0.3) is 0 Å². The summed E-state index contributed by atoms with van der Waals surface area (Å²) < 4.78 is 10.6. The quantitative estimate of drug-likeness (QED) is 0.790. The molecule has 1 amide bonds. The van der Waals surface area contributed by atoms with Gasteiger partial charge in [-0.15, -0.1) is 0 Å². The second kappa shape index (κ2) is 8.54. The number of fused-ring (bicyclic) bond motifs is 1. The van der Waals surface area contributed by atoms with Crippen molar-refractivity contribution in [1.29, 1.82) is 0 Å². The predicted octanol–water partition coefficient (Wildman–Crippen LogP) is 2.83. The van der Waals surface area contributed by atoms with Crippen LogP contribution in [-0.2, 0) is 14.3 Å². The maximum absolute atomic E-state index is 12.7. The van der Waals surface area contributed by atoms with Gasteiger partial charge in [0.15, 0.2) is 0 Å². The highest BCUT2D eigenvalue weighted by molar-refractivity contribution is 5.94. The van der Waals surface area contributed by atoms with Crippen LogP contribution in [-0.4, -0.2) is 49.1 Å². The van der Waals surface area contributed by atoms with Crippen LogP contribution in [0.5, 0.6) is 5.75 Å². The molecular weight excluding hydrogens is 332 g/mol. The maximum atomic E-state index is 12.7. The number of para-hydroxylation sites is 2. The van der Waals surface area contributed by atoms with Gasteiger partial charge in [0.05, 0.1) is 25.9 Å². The number of carbonyl (C=O) groups is 2.